The maximum absolute atomic E-state index is 13.9. The standard InChI is InChI=1S/C36H34ClF4N3O3/c37-31-19-28(6-9-32(31)38)43-33(45)30(25-10-13-35(20-27(35)18-25)26-3-1-2-23(16-26)21-42)17-22-11-14-44(15-12-22)34(46)24-4-7-29(8-5-24)47-36(39,40)41/h1-9,16,19,22,25,27,30H,10-15,17-18,20H2,(H,43,45)/t25?,27-,30-,35?/m0/s1. The van der Waals surface area contributed by atoms with Gasteiger partial charge in [-0.05, 0) is 128 Å². The van der Waals surface area contributed by atoms with E-state index in [9.17, 15) is 32.4 Å². The summed E-state index contributed by atoms with van der Waals surface area (Å²) in [5, 5.41) is 12.3. The molecule has 246 valence electrons. The summed E-state index contributed by atoms with van der Waals surface area (Å²) in [6.45, 7) is 0.940. The number of amides is 2. The molecule has 2 unspecified atom stereocenters. The Hall–Kier alpha value is -4.10. The molecule has 0 bridgehead atoms. The predicted octanol–water partition coefficient (Wildman–Crippen LogP) is 8.50. The fraction of sp³-hybridized carbons (Fsp3) is 0.417. The number of hydrogen-bond acceptors (Lipinski definition) is 4. The molecule has 6 nitrogen and oxygen atoms in total. The summed E-state index contributed by atoms with van der Waals surface area (Å²) >= 11 is 5.99. The van der Waals surface area contributed by atoms with E-state index in [4.69, 9.17) is 11.6 Å². The van der Waals surface area contributed by atoms with Gasteiger partial charge in [-0.2, -0.15) is 5.26 Å². The minimum Gasteiger partial charge on any atom is -0.406 e. The number of ether oxygens (including phenoxy) is 1. The molecule has 3 fully saturated rings. The highest BCUT2D eigenvalue weighted by Gasteiger charge is 2.58. The van der Waals surface area contributed by atoms with Crippen molar-refractivity contribution < 1.29 is 31.9 Å². The average molecular weight is 668 g/mol. The first kappa shape index (κ1) is 32.8. The van der Waals surface area contributed by atoms with Crippen LogP contribution in [0.2, 0.25) is 5.02 Å². The third-order valence-corrected chi connectivity index (χ3v) is 10.6. The smallest absolute Gasteiger partial charge is 0.406 e. The quantitative estimate of drug-likeness (QED) is 0.244. The van der Waals surface area contributed by atoms with E-state index in [1.165, 1.54) is 35.9 Å². The van der Waals surface area contributed by atoms with Gasteiger partial charge < -0.3 is 15.0 Å². The number of carbonyl (C=O) groups is 2. The molecular formula is C36H34ClF4N3O3. The zero-order chi connectivity index (χ0) is 33.3. The predicted molar refractivity (Wildman–Crippen MR) is 168 cm³/mol. The van der Waals surface area contributed by atoms with Gasteiger partial charge in [0, 0.05) is 30.3 Å². The van der Waals surface area contributed by atoms with Crippen LogP contribution in [0.5, 0.6) is 5.75 Å². The van der Waals surface area contributed by atoms with E-state index in [1.54, 1.807) is 4.90 Å². The first-order valence-corrected chi connectivity index (χ1v) is 16.2. The van der Waals surface area contributed by atoms with Crippen LogP contribution in [0.15, 0.2) is 66.7 Å². The van der Waals surface area contributed by atoms with Gasteiger partial charge in [-0.3, -0.25) is 9.59 Å². The molecule has 2 saturated carbocycles. The summed E-state index contributed by atoms with van der Waals surface area (Å²) < 4.78 is 55.2. The van der Waals surface area contributed by atoms with Crippen molar-refractivity contribution in [1.29, 1.82) is 5.26 Å². The summed E-state index contributed by atoms with van der Waals surface area (Å²) in [5.41, 5.74) is 2.61. The first-order chi connectivity index (χ1) is 22.4. The van der Waals surface area contributed by atoms with Gasteiger partial charge in [0.25, 0.3) is 5.91 Å². The highest BCUT2D eigenvalue weighted by atomic mass is 35.5. The van der Waals surface area contributed by atoms with Crippen LogP contribution >= 0.6 is 11.6 Å². The zero-order valence-corrected chi connectivity index (χ0v) is 26.3. The number of benzene rings is 3. The topological polar surface area (TPSA) is 82.4 Å². The lowest BCUT2D eigenvalue weighted by atomic mass is 9.70. The van der Waals surface area contributed by atoms with Crippen LogP contribution in [0.25, 0.3) is 0 Å². The molecule has 2 aliphatic carbocycles. The number of hydrogen-bond donors (Lipinski definition) is 1. The minimum absolute atomic E-state index is 0.0532. The Labute approximate surface area is 275 Å². The molecule has 1 saturated heterocycles. The normalized spacial score (nSPS) is 23.3. The summed E-state index contributed by atoms with van der Waals surface area (Å²) in [6, 6.07) is 19.1. The monoisotopic (exact) mass is 667 g/mol. The van der Waals surface area contributed by atoms with Crippen molar-refractivity contribution in [2.75, 3.05) is 18.4 Å². The fourth-order valence-electron chi connectivity index (χ4n) is 7.72. The first-order valence-electron chi connectivity index (χ1n) is 15.9. The Morgan fingerprint density at radius 3 is 2.47 bits per heavy atom. The van der Waals surface area contributed by atoms with E-state index in [2.05, 4.69) is 22.2 Å². The molecule has 1 aliphatic heterocycles. The number of nitriles is 1. The van der Waals surface area contributed by atoms with E-state index >= 15 is 0 Å². The number of piperidine rings is 1. The molecule has 11 heteroatoms. The number of halogens is 5. The molecule has 3 aromatic carbocycles. The second kappa shape index (κ2) is 13.2. The minimum atomic E-state index is -4.81. The molecular weight excluding hydrogens is 634 g/mol. The number of alkyl halides is 3. The lowest BCUT2D eigenvalue weighted by Gasteiger charge is -2.37. The molecule has 4 atom stereocenters. The number of fused-ring (bicyclic) bond motifs is 1. The van der Waals surface area contributed by atoms with Crippen molar-refractivity contribution >= 4 is 29.1 Å². The molecule has 0 spiro atoms. The van der Waals surface area contributed by atoms with E-state index in [1.807, 2.05) is 18.2 Å². The molecule has 3 aliphatic rings. The maximum atomic E-state index is 13.9. The number of rotatable bonds is 8. The Morgan fingerprint density at radius 2 is 1.81 bits per heavy atom. The van der Waals surface area contributed by atoms with Gasteiger partial charge >= 0.3 is 6.36 Å². The van der Waals surface area contributed by atoms with Crippen LogP contribution in [-0.2, 0) is 10.2 Å². The Balaban J connectivity index is 1.12. The van der Waals surface area contributed by atoms with Gasteiger partial charge in [0.1, 0.15) is 11.6 Å². The van der Waals surface area contributed by atoms with Crippen molar-refractivity contribution in [1.82, 2.24) is 4.90 Å². The Morgan fingerprint density at radius 1 is 1.06 bits per heavy atom. The van der Waals surface area contributed by atoms with E-state index in [0.29, 0.717) is 49.5 Å². The van der Waals surface area contributed by atoms with Crippen LogP contribution < -0.4 is 10.1 Å². The second-order valence-electron chi connectivity index (χ2n) is 13.1. The lowest BCUT2D eigenvalue weighted by Crippen LogP contribution is -2.40. The van der Waals surface area contributed by atoms with Gasteiger partial charge in [0.15, 0.2) is 0 Å². The highest BCUT2D eigenvalue weighted by molar-refractivity contribution is 6.31. The molecule has 47 heavy (non-hydrogen) atoms. The number of nitrogens with zero attached hydrogens (tertiary/aromatic N) is 2. The van der Waals surface area contributed by atoms with Crippen molar-refractivity contribution in [3.63, 3.8) is 0 Å². The number of likely N-dealkylation sites (tertiary alicyclic amines) is 1. The van der Waals surface area contributed by atoms with Crippen molar-refractivity contribution in [3.8, 4) is 11.8 Å². The van der Waals surface area contributed by atoms with Gasteiger partial charge in [0.05, 0.1) is 16.7 Å². The van der Waals surface area contributed by atoms with Crippen LogP contribution in [0.1, 0.15) is 66.4 Å². The molecule has 1 heterocycles. The number of anilines is 1. The summed E-state index contributed by atoms with van der Waals surface area (Å²) in [4.78, 5) is 28.7. The van der Waals surface area contributed by atoms with Gasteiger partial charge in [-0.1, -0.05) is 23.7 Å². The Bertz CT molecular complexity index is 1680. The second-order valence-corrected chi connectivity index (χ2v) is 13.5. The van der Waals surface area contributed by atoms with Gasteiger partial charge in [0.2, 0.25) is 5.91 Å². The zero-order valence-electron chi connectivity index (χ0n) is 25.5. The molecule has 3 aromatic rings. The highest BCUT2D eigenvalue weighted by Crippen LogP contribution is 2.64. The molecule has 2 amide bonds. The third-order valence-electron chi connectivity index (χ3n) is 10.3. The number of carbonyl (C=O) groups excluding carboxylic acids is 2. The summed E-state index contributed by atoms with van der Waals surface area (Å²) in [6.07, 6.45) is 0.930. The van der Waals surface area contributed by atoms with Crippen LogP contribution in [0, 0.1) is 40.8 Å². The van der Waals surface area contributed by atoms with E-state index in [0.717, 1.165) is 37.8 Å². The van der Waals surface area contributed by atoms with Crippen molar-refractivity contribution in [3.05, 3.63) is 94.3 Å². The third kappa shape index (κ3) is 7.41. The van der Waals surface area contributed by atoms with Gasteiger partial charge in [-0.15, -0.1) is 13.2 Å². The average Bonchev–Trinajstić information content (AvgIpc) is 3.80. The van der Waals surface area contributed by atoms with E-state index < -0.39 is 12.2 Å². The Kier molecular flexibility index (Phi) is 9.21. The van der Waals surface area contributed by atoms with E-state index in [-0.39, 0.29) is 51.3 Å². The molecule has 1 N–H and O–H groups in total. The fourth-order valence-corrected chi connectivity index (χ4v) is 7.90. The summed E-state index contributed by atoms with van der Waals surface area (Å²) in [7, 11) is 0. The lowest BCUT2D eigenvalue weighted by molar-refractivity contribution is -0.274. The van der Waals surface area contributed by atoms with Crippen molar-refractivity contribution in [2.45, 2.75) is 56.7 Å². The van der Waals surface area contributed by atoms with Crippen molar-refractivity contribution in [2.24, 2.45) is 23.7 Å². The largest absolute Gasteiger partial charge is 0.573 e. The van der Waals surface area contributed by atoms with Crippen LogP contribution in [0.4, 0.5) is 23.2 Å². The molecule has 0 radical (unpaired) electrons. The SMILES string of the molecule is N#Cc1cccc(C23CCC([C@H](CC4CCN(C(=O)c5ccc(OC(F)(F)F)cc5)CC4)C(=O)Nc4ccc(F)c(Cl)c4)C[C@H]2C3)c1. The summed E-state index contributed by atoms with van der Waals surface area (Å²) in [5.74, 6) is -0.878. The molecule has 6 rings (SSSR count). The van der Waals surface area contributed by atoms with Crippen LogP contribution in [-0.4, -0.2) is 36.2 Å². The van der Waals surface area contributed by atoms with Crippen LogP contribution in [0.3, 0.4) is 0 Å². The number of nitrogens with one attached hydrogen (secondary N) is 1. The van der Waals surface area contributed by atoms with Gasteiger partial charge in [-0.25, -0.2) is 4.39 Å². The molecule has 0 aromatic heterocycles. The maximum Gasteiger partial charge on any atom is 0.573 e.